The Balaban J connectivity index is 3.10. The number of hydrogen-bond donors (Lipinski definition) is 0. The molecule has 0 unspecified atom stereocenters. The lowest BCUT2D eigenvalue weighted by Crippen LogP contribution is -2.07. The Morgan fingerprint density at radius 3 is 2.79 bits per heavy atom. The van der Waals surface area contributed by atoms with Gasteiger partial charge in [-0.2, -0.15) is 5.26 Å². The van der Waals surface area contributed by atoms with Crippen LogP contribution >= 0.6 is 11.6 Å². The quantitative estimate of drug-likeness (QED) is 0.552. The molecule has 0 spiro atoms. The highest BCUT2D eigenvalue weighted by Gasteiger charge is 2.03. The van der Waals surface area contributed by atoms with Crippen molar-refractivity contribution in [2.75, 3.05) is 14.1 Å². The fourth-order valence-corrected chi connectivity index (χ4v) is 1.12. The van der Waals surface area contributed by atoms with Crippen LogP contribution in [0.4, 0.5) is 5.69 Å². The van der Waals surface area contributed by atoms with Gasteiger partial charge in [0.1, 0.15) is 6.07 Å². The Labute approximate surface area is 88.2 Å². The van der Waals surface area contributed by atoms with Gasteiger partial charge in [-0.15, -0.1) is 0 Å². The van der Waals surface area contributed by atoms with Crippen LogP contribution in [-0.4, -0.2) is 25.3 Å². The molecule has 0 atom stereocenters. The van der Waals surface area contributed by atoms with E-state index in [1.54, 1.807) is 29.4 Å². The van der Waals surface area contributed by atoms with Gasteiger partial charge in [-0.1, -0.05) is 17.7 Å². The molecule has 0 radical (unpaired) electrons. The summed E-state index contributed by atoms with van der Waals surface area (Å²) in [6.07, 6.45) is 1.63. The second-order valence-corrected chi connectivity index (χ2v) is 3.36. The molecule has 0 aliphatic carbocycles. The van der Waals surface area contributed by atoms with Crippen molar-refractivity contribution in [1.82, 2.24) is 4.90 Å². The molecule has 0 heterocycles. The summed E-state index contributed by atoms with van der Waals surface area (Å²) in [5.41, 5.74) is 1.00. The largest absolute Gasteiger partial charge is 0.369 e. The normalized spacial score (nSPS) is 10.1. The zero-order chi connectivity index (χ0) is 10.6. The first-order valence-electron chi connectivity index (χ1n) is 4.04. The zero-order valence-corrected chi connectivity index (χ0v) is 8.78. The summed E-state index contributed by atoms with van der Waals surface area (Å²) in [6, 6.07) is 7.22. The minimum atomic E-state index is 0.410. The monoisotopic (exact) mass is 207 g/mol. The Hall–Kier alpha value is -1.53. The SMILES string of the molecule is CN(C)/C=N/c1cccc(Cl)c1C#N. The maximum absolute atomic E-state index is 8.84. The highest BCUT2D eigenvalue weighted by molar-refractivity contribution is 6.32. The number of halogens is 1. The standard InChI is InChI=1S/C10H10ClN3/c1-14(2)7-13-10-5-3-4-9(11)8(10)6-12/h3-5,7H,1-2H3/b13-7+. The molecule has 1 aromatic carbocycles. The van der Waals surface area contributed by atoms with E-state index in [1.807, 2.05) is 20.2 Å². The van der Waals surface area contributed by atoms with Gasteiger partial charge in [0.2, 0.25) is 0 Å². The van der Waals surface area contributed by atoms with Crippen molar-refractivity contribution in [1.29, 1.82) is 5.26 Å². The first kappa shape index (κ1) is 10.6. The van der Waals surface area contributed by atoms with Crippen molar-refractivity contribution in [2.24, 2.45) is 4.99 Å². The van der Waals surface area contributed by atoms with Gasteiger partial charge in [0.25, 0.3) is 0 Å². The molecule has 1 aromatic rings. The molecule has 72 valence electrons. The van der Waals surface area contributed by atoms with E-state index in [4.69, 9.17) is 16.9 Å². The second-order valence-electron chi connectivity index (χ2n) is 2.95. The van der Waals surface area contributed by atoms with Crippen LogP contribution in [0.3, 0.4) is 0 Å². The summed E-state index contributed by atoms with van der Waals surface area (Å²) in [5.74, 6) is 0. The van der Waals surface area contributed by atoms with Gasteiger partial charge in [0.05, 0.1) is 22.6 Å². The van der Waals surface area contributed by atoms with E-state index < -0.39 is 0 Å². The molecule has 0 fully saturated rings. The maximum atomic E-state index is 8.84. The fourth-order valence-electron chi connectivity index (χ4n) is 0.909. The van der Waals surface area contributed by atoms with Crippen LogP contribution in [0.15, 0.2) is 23.2 Å². The molecule has 0 saturated carbocycles. The third-order valence-electron chi connectivity index (χ3n) is 1.53. The predicted molar refractivity (Wildman–Crippen MR) is 58.0 cm³/mol. The third-order valence-corrected chi connectivity index (χ3v) is 1.85. The zero-order valence-electron chi connectivity index (χ0n) is 8.03. The lowest BCUT2D eigenvalue weighted by atomic mass is 10.2. The third kappa shape index (κ3) is 2.48. The van der Waals surface area contributed by atoms with Gasteiger partial charge in [0, 0.05) is 14.1 Å². The molecule has 3 nitrogen and oxygen atoms in total. The Morgan fingerprint density at radius 2 is 2.21 bits per heavy atom. The van der Waals surface area contributed by atoms with Crippen LogP contribution < -0.4 is 0 Å². The van der Waals surface area contributed by atoms with Gasteiger partial charge in [0.15, 0.2) is 0 Å². The Morgan fingerprint density at radius 1 is 1.50 bits per heavy atom. The Bertz CT molecular complexity index is 391. The molecular formula is C10H10ClN3. The van der Waals surface area contributed by atoms with Crippen LogP contribution in [0.5, 0.6) is 0 Å². The Kier molecular flexibility index (Phi) is 3.49. The number of rotatable bonds is 2. The minimum Gasteiger partial charge on any atom is -0.369 e. The van der Waals surface area contributed by atoms with E-state index in [2.05, 4.69) is 4.99 Å². The molecular weight excluding hydrogens is 198 g/mol. The van der Waals surface area contributed by atoms with Gasteiger partial charge < -0.3 is 4.90 Å². The first-order chi connectivity index (χ1) is 6.65. The molecule has 0 amide bonds. The topological polar surface area (TPSA) is 39.4 Å². The van der Waals surface area contributed by atoms with Crippen LogP contribution in [0.1, 0.15) is 5.56 Å². The second kappa shape index (κ2) is 4.64. The molecule has 0 aliphatic rings. The van der Waals surface area contributed by atoms with Gasteiger partial charge in [-0.3, -0.25) is 0 Å². The summed E-state index contributed by atoms with van der Waals surface area (Å²) in [5, 5.41) is 9.27. The molecule has 0 N–H and O–H groups in total. The first-order valence-corrected chi connectivity index (χ1v) is 4.42. The van der Waals surface area contributed by atoms with Crippen LogP contribution in [-0.2, 0) is 0 Å². The molecule has 4 heteroatoms. The molecule has 14 heavy (non-hydrogen) atoms. The van der Waals surface area contributed by atoms with Crippen molar-refractivity contribution in [3.05, 3.63) is 28.8 Å². The van der Waals surface area contributed by atoms with E-state index in [-0.39, 0.29) is 0 Å². The van der Waals surface area contributed by atoms with Gasteiger partial charge >= 0.3 is 0 Å². The smallest absolute Gasteiger partial charge is 0.103 e. The average molecular weight is 208 g/mol. The maximum Gasteiger partial charge on any atom is 0.103 e. The van der Waals surface area contributed by atoms with Crippen LogP contribution in [0.2, 0.25) is 5.02 Å². The highest BCUT2D eigenvalue weighted by atomic mass is 35.5. The van der Waals surface area contributed by atoms with Crippen LogP contribution in [0.25, 0.3) is 0 Å². The lowest BCUT2D eigenvalue weighted by molar-refractivity contribution is 0.643. The summed E-state index contributed by atoms with van der Waals surface area (Å²) in [4.78, 5) is 5.93. The molecule has 0 aliphatic heterocycles. The summed E-state index contributed by atoms with van der Waals surface area (Å²) in [6.45, 7) is 0. The van der Waals surface area contributed by atoms with E-state index >= 15 is 0 Å². The number of aliphatic imine (C=N–C) groups is 1. The minimum absolute atomic E-state index is 0.410. The van der Waals surface area contributed by atoms with E-state index in [1.165, 1.54) is 0 Å². The summed E-state index contributed by atoms with van der Waals surface area (Å²) >= 11 is 5.83. The van der Waals surface area contributed by atoms with Crippen molar-refractivity contribution in [3.8, 4) is 6.07 Å². The molecule has 0 aromatic heterocycles. The fraction of sp³-hybridized carbons (Fsp3) is 0.200. The average Bonchev–Trinajstić information content (AvgIpc) is 2.14. The van der Waals surface area contributed by atoms with Crippen molar-refractivity contribution >= 4 is 23.6 Å². The van der Waals surface area contributed by atoms with Gasteiger partial charge in [-0.25, -0.2) is 4.99 Å². The van der Waals surface area contributed by atoms with Crippen molar-refractivity contribution in [2.45, 2.75) is 0 Å². The number of nitrogens with zero attached hydrogens (tertiary/aromatic N) is 3. The van der Waals surface area contributed by atoms with Crippen molar-refractivity contribution in [3.63, 3.8) is 0 Å². The predicted octanol–water partition coefficient (Wildman–Crippen LogP) is 2.43. The summed E-state index contributed by atoms with van der Waals surface area (Å²) in [7, 11) is 3.72. The molecule has 1 rings (SSSR count). The number of nitriles is 1. The molecule has 0 bridgehead atoms. The highest BCUT2D eigenvalue weighted by Crippen LogP contribution is 2.25. The lowest BCUT2D eigenvalue weighted by Gasteiger charge is -2.03. The molecule has 0 saturated heterocycles. The van der Waals surface area contributed by atoms with Crippen LogP contribution in [0, 0.1) is 11.3 Å². The number of hydrogen-bond acceptors (Lipinski definition) is 2. The van der Waals surface area contributed by atoms with E-state index in [0.29, 0.717) is 16.3 Å². The number of benzene rings is 1. The van der Waals surface area contributed by atoms with Gasteiger partial charge in [-0.05, 0) is 12.1 Å². The van der Waals surface area contributed by atoms with E-state index in [0.717, 1.165) is 0 Å². The summed E-state index contributed by atoms with van der Waals surface area (Å²) < 4.78 is 0. The van der Waals surface area contributed by atoms with E-state index in [9.17, 15) is 0 Å². The van der Waals surface area contributed by atoms with Crippen molar-refractivity contribution < 1.29 is 0 Å².